The van der Waals surface area contributed by atoms with E-state index in [-0.39, 0.29) is 18.1 Å². The van der Waals surface area contributed by atoms with Crippen LogP contribution in [0.2, 0.25) is 0 Å². The number of hydrogen-bond acceptors (Lipinski definition) is 5. The van der Waals surface area contributed by atoms with Crippen molar-refractivity contribution in [2.45, 2.75) is 20.5 Å². The van der Waals surface area contributed by atoms with Crippen LogP contribution in [0.5, 0.6) is 0 Å². The molecule has 7 heteroatoms. The molecule has 2 aromatic rings. The second-order valence-electron chi connectivity index (χ2n) is 4.76. The third kappa shape index (κ3) is 3.69. The van der Waals surface area contributed by atoms with Gasteiger partial charge in [0.1, 0.15) is 4.88 Å². The summed E-state index contributed by atoms with van der Waals surface area (Å²) in [4.78, 5) is 28.2. The molecule has 0 radical (unpaired) electrons. The van der Waals surface area contributed by atoms with Gasteiger partial charge in [-0.1, -0.05) is 0 Å². The Labute approximate surface area is 131 Å². The fourth-order valence-corrected chi connectivity index (χ4v) is 2.88. The molecule has 1 amide bonds. The van der Waals surface area contributed by atoms with Crippen molar-refractivity contribution in [1.82, 2.24) is 4.98 Å². The number of nitrogens with zero attached hydrogens (tertiary/aromatic N) is 1. The number of carbonyl (C=O) groups excluding carboxylic acids is 1. The van der Waals surface area contributed by atoms with Crippen molar-refractivity contribution in [2.75, 3.05) is 12.4 Å². The first kappa shape index (κ1) is 16.1. The molecule has 0 saturated heterocycles. The molecule has 0 spiro atoms. The van der Waals surface area contributed by atoms with Crippen molar-refractivity contribution in [3.8, 4) is 0 Å². The minimum absolute atomic E-state index is 0.0991. The summed E-state index contributed by atoms with van der Waals surface area (Å²) >= 11 is 1.30. The smallest absolute Gasteiger partial charge is 0.335 e. The first-order valence-electron chi connectivity index (χ1n) is 6.52. The van der Waals surface area contributed by atoms with E-state index in [4.69, 9.17) is 9.84 Å². The largest absolute Gasteiger partial charge is 0.478 e. The van der Waals surface area contributed by atoms with Gasteiger partial charge in [0.2, 0.25) is 0 Å². The van der Waals surface area contributed by atoms with E-state index in [1.165, 1.54) is 30.6 Å². The number of thiazole rings is 1. The number of aromatic carboxylic acids is 1. The highest BCUT2D eigenvalue weighted by atomic mass is 32.1. The molecule has 0 unspecified atom stereocenters. The summed E-state index contributed by atoms with van der Waals surface area (Å²) in [5.41, 5.74) is 1.85. The van der Waals surface area contributed by atoms with Crippen LogP contribution in [0.25, 0.3) is 0 Å². The van der Waals surface area contributed by atoms with Crippen LogP contribution < -0.4 is 5.32 Å². The number of amides is 1. The molecule has 1 aromatic heterocycles. The maximum atomic E-state index is 12.3. The Morgan fingerprint density at radius 1 is 1.32 bits per heavy atom. The van der Waals surface area contributed by atoms with E-state index in [9.17, 15) is 9.59 Å². The monoisotopic (exact) mass is 320 g/mol. The zero-order chi connectivity index (χ0) is 16.3. The molecule has 0 aliphatic heterocycles. The molecule has 2 N–H and O–H groups in total. The molecule has 0 fully saturated rings. The lowest BCUT2D eigenvalue weighted by Gasteiger charge is -2.08. The molecule has 1 aromatic carbocycles. The summed E-state index contributed by atoms with van der Waals surface area (Å²) < 4.78 is 5.02. The summed E-state index contributed by atoms with van der Waals surface area (Å²) in [6, 6.07) is 4.63. The molecule has 6 nitrogen and oxygen atoms in total. The van der Waals surface area contributed by atoms with E-state index < -0.39 is 5.97 Å². The zero-order valence-electron chi connectivity index (χ0n) is 12.5. The highest BCUT2D eigenvalue weighted by molar-refractivity contribution is 7.13. The van der Waals surface area contributed by atoms with Crippen LogP contribution in [0, 0.1) is 13.8 Å². The topological polar surface area (TPSA) is 88.5 Å². The van der Waals surface area contributed by atoms with Crippen LogP contribution in [-0.2, 0) is 11.3 Å². The van der Waals surface area contributed by atoms with Crippen molar-refractivity contribution in [3.05, 3.63) is 44.9 Å². The average Bonchev–Trinajstić information content (AvgIpc) is 2.78. The van der Waals surface area contributed by atoms with Crippen molar-refractivity contribution in [1.29, 1.82) is 0 Å². The fourth-order valence-electron chi connectivity index (χ4n) is 2.07. The van der Waals surface area contributed by atoms with E-state index in [1.54, 1.807) is 13.0 Å². The van der Waals surface area contributed by atoms with Gasteiger partial charge in [-0.15, -0.1) is 11.3 Å². The third-order valence-electron chi connectivity index (χ3n) is 2.92. The molecule has 1 heterocycles. The van der Waals surface area contributed by atoms with Gasteiger partial charge in [0.25, 0.3) is 5.91 Å². The highest BCUT2D eigenvalue weighted by Crippen LogP contribution is 2.21. The molecular formula is C15H16N2O4S. The SMILES string of the molecule is COCc1cc(NC(=O)c2sc(C)nc2C)cc(C(=O)O)c1. The average molecular weight is 320 g/mol. The second kappa shape index (κ2) is 6.67. The van der Waals surface area contributed by atoms with Crippen LogP contribution in [0.3, 0.4) is 0 Å². The molecular weight excluding hydrogens is 304 g/mol. The Kier molecular flexibility index (Phi) is 4.89. The van der Waals surface area contributed by atoms with E-state index in [0.29, 0.717) is 21.8 Å². The molecule has 22 heavy (non-hydrogen) atoms. The van der Waals surface area contributed by atoms with E-state index in [2.05, 4.69) is 10.3 Å². The summed E-state index contributed by atoms with van der Waals surface area (Å²) in [7, 11) is 1.52. The Morgan fingerprint density at radius 3 is 2.59 bits per heavy atom. The lowest BCUT2D eigenvalue weighted by molar-refractivity contribution is 0.0696. The van der Waals surface area contributed by atoms with Gasteiger partial charge in [-0.2, -0.15) is 0 Å². The van der Waals surface area contributed by atoms with Crippen LogP contribution in [0.4, 0.5) is 5.69 Å². The molecule has 0 atom stereocenters. The number of ether oxygens (including phenoxy) is 1. The highest BCUT2D eigenvalue weighted by Gasteiger charge is 2.15. The maximum Gasteiger partial charge on any atom is 0.335 e. The molecule has 0 bridgehead atoms. The minimum Gasteiger partial charge on any atom is -0.478 e. The van der Waals surface area contributed by atoms with Crippen molar-refractivity contribution in [2.24, 2.45) is 0 Å². The van der Waals surface area contributed by atoms with Gasteiger partial charge in [-0.25, -0.2) is 9.78 Å². The van der Waals surface area contributed by atoms with Crippen molar-refractivity contribution in [3.63, 3.8) is 0 Å². The van der Waals surface area contributed by atoms with Gasteiger partial charge in [0.15, 0.2) is 0 Å². The van der Waals surface area contributed by atoms with Gasteiger partial charge < -0.3 is 15.2 Å². The van der Waals surface area contributed by atoms with E-state index >= 15 is 0 Å². The predicted octanol–water partition coefficient (Wildman–Crippen LogP) is 2.86. The summed E-state index contributed by atoms with van der Waals surface area (Å²) in [5, 5.41) is 12.7. The second-order valence-corrected chi connectivity index (χ2v) is 5.96. The number of anilines is 1. The van der Waals surface area contributed by atoms with Gasteiger partial charge in [0, 0.05) is 12.8 Å². The van der Waals surface area contributed by atoms with Crippen LogP contribution in [0.15, 0.2) is 18.2 Å². The van der Waals surface area contributed by atoms with Crippen LogP contribution >= 0.6 is 11.3 Å². The van der Waals surface area contributed by atoms with Gasteiger partial charge in [-0.05, 0) is 37.6 Å². The molecule has 2 rings (SSSR count). The normalized spacial score (nSPS) is 10.5. The van der Waals surface area contributed by atoms with E-state index in [0.717, 1.165) is 5.01 Å². The quantitative estimate of drug-likeness (QED) is 0.884. The Bertz CT molecular complexity index is 724. The third-order valence-corrected chi connectivity index (χ3v) is 3.99. The summed E-state index contributed by atoms with van der Waals surface area (Å²) in [5.74, 6) is -1.35. The number of rotatable bonds is 5. The number of aryl methyl sites for hydroxylation is 2. The lowest BCUT2D eigenvalue weighted by Crippen LogP contribution is -2.12. The Balaban J connectivity index is 2.30. The first-order valence-corrected chi connectivity index (χ1v) is 7.34. The van der Waals surface area contributed by atoms with Gasteiger partial charge in [0.05, 0.1) is 22.9 Å². The Hall–Kier alpha value is -2.25. The number of carbonyl (C=O) groups is 2. The first-order chi connectivity index (χ1) is 10.4. The molecule has 0 aliphatic rings. The predicted molar refractivity (Wildman–Crippen MR) is 83.7 cm³/mol. The summed E-state index contributed by atoms with van der Waals surface area (Å²) in [6.45, 7) is 3.86. The molecule has 0 aliphatic carbocycles. The van der Waals surface area contributed by atoms with Crippen molar-refractivity contribution < 1.29 is 19.4 Å². The number of hydrogen-bond donors (Lipinski definition) is 2. The molecule has 0 saturated carbocycles. The number of methoxy groups -OCH3 is 1. The van der Waals surface area contributed by atoms with Gasteiger partial charge >= 0.3 is 5.97 Å². The number of carboxylic acid groups (broad SMARTS) is 1. The van der Waals surface area contributed by atoms with Crippen LogP contribution in [-0.4, -0.2) is 29.1 Å². The van der Waals surface area contributed by atoms with Crippen LogP contribution in [0.1, 0.15) is 36.3 Å². The number of nitrogens with one attached hydrogen (secondary N) is 1. The summed E-state index contributed by atoms with van der Waals surface area (Å²) in [6.07, 6.45) is 0. The lowest BCUT2D eigenvalue weighted by atomic mass is 10.1. The molecule has 116 valence electrons. The van der Waals surface area contributed by atoms with Crippen molar-refractivity contribution >= 4 is 28.9 Å². The van der Waals surface area contributed by atoms with E-state index in [1.807, 2.05) is 6.92 Å². The zero-order valence-corrected chi connectivity index (χ0v) is 13.3. The minimum atomic E-state index is -1.06. The van der Waals surface area contributed by atoms with Gasteiger partial charge in [-0.3, -0.25) is 4.79 Å². The Morgan fingerprint density at radius 2 is 2.05 bits per heavy atom. The number of carboxylic acids is 1. The standard InChI is InChI=1S/C15H16N2O4S/c1-8-13(22-9(2)16-8)14(18)17-12-5-10(7-21-3)4-11(6-12)15(19)20/h4-6H,7H2,1-3H3,(H,17,18)(H,19,20). The number of aromatic nitrogens is 1. The fraction of sp³-hybridized carbons (Fsp3) is 0.267. The number of benzene rings is 1. The maximum absolute atomic E-state index is 12.3.